The largest absolute Gasteiger partial charge is 0.478 e. The molecule has 110 valence electrons. The lowest BCUT2D eigenvalue weighted by Crippen LogP contribution is -2.37. The summed E-state index contributed by atoms with van der Waals surface area (Å²) in [6.07, 6.45) is 3.17. The molecule has 0 aromatic carbocycles. The molecule has 0 aliphatic carbocycles. The third-order valence-electron chi connectivity index (χ3n) is 4.02. The number of nitrogens with zero attached hydrogens (tertiary/aromatic N) is 3. The van der Waals surface area contributed by atoms with Crippen LogP contribution in [0.2, 0.25) is 0 Å². The lowest BCUT2D eigenvalue weighted by molar-refractivity contribution is 0.0696. The van der Waals surface area contributed by atoms with Crippen molar-refractivity contribution in [2.75, 3.05) is 32.1 Å². The van der Waals surface area contributed by atoms with Gasteiger partial charge in [-0.15, -0.1) is 0 Å². The summed E-state index contributed by atoms with van der Waals surface area (Å²) in [5.41, 5.74) is 1.14. The molecule has 0 radical (unpaired) electrons. The van der Waals surface area contributed by atoms with Gasteiger partial charge in [0.2, 0.25) is 0 Å². The predicted molar refractivity (Wildman–Crippen MR) is 79.5 cm³/mol. The van der Waals surface area contributed by atoms with Crippen LogP contribution in [0.25, 0.3) is 0 Å². The summed E-state index contributed by atoms with van der Waals surface area (Å²) in [5, 5.41) is 9.18. The second kappa shape index (κ2) is 6.22. The van der Waals surface area contributed by atoms with Gasteiger partial charge < -0.3 is 14.9 Å². The minimum Gasteiger partial charge on any atom is -0.478 e. The number of rotatable bonds is 5. The quantitative estimate of drug-likeness (QED) is 0.890. The maximum absolute atomic E-state index is 11.2. The van der Waals surface area contributed by atoms with E-state index in [4.69, 9.17) is 0 Å². The molecule has 1 fully saturated rings. The molecule has 0 bridgehead atoms. The number of aryl methyl sites for hydroxylation is 1. The van der Waals surface area contributed by atoms with E-state index in [1.165, 1.54) is 12.8 Å². The number of aromatic carboxylic acids is 1. The molecule has 1 saturated heterocycles. The number of carbonyl (C=O) groups is 1. The Labute approximate surface area is 120 Å². The van der Waals surface area contributed by atoms with Crippen molar-refractivity contribution in [1.82, 2.24) is 9.88 Å². The first kappa shape index (κ1) is 14.8. The minimum absolute atomic E-state index is 0.318. The van der Waals surface area contributed by atoms with Crippen molar-refractivity contribution in [3.63, 3.8) is 0 Å². The standard InChI is InChI=1S/C15H23N3O2/c1-4-12-8-11(15(19)20)9-14(16-12)18(3)10-13-6-5-7-17(13)2/h8-9,13H,4-7,10H2,1-3H3,(H,19,20). The van der Waals surface area contributed by atoms with Crippen molar-refractivity contribution in [3.8, 4) is 0 Å². The van der Waals surface area contributed by atoms with Crippen LogP contribution >= 0.6 is 0 Å². The van der Waals surface area contributed by atoms with Crippen LogP contribution in [0.5, 0.6) is 0 Å². The van der Waals surface area contributed by atoms with E-state index in [1.807, 2.05) is 14.0 Å². The highest BCUT2D eigenvalue weighted by Crippen LogP contribution is 2.20. The smallest absolute Gasteiger partial charge is 0.335 e. The molecular weight excluding hydrogens is 254 g/mol. The number of anilines is 1. The highest BCUT2D eigenvalue weighted by atomic mass is 16.4. The number of aromatic nitrogens is 1. The van der Waals surface area contributed by atoms with Crippen molar-refractivity contribution in [3.05, 3.63) is 23.4 Å². The van der Waals surface area contributed by atoms with E-state index >= 15 is 0 Å². The van der Waals surface area contributed by atoms with E-state index in [-0.39, 0.29) is 0 Å². The maximum Gasteiger partial charge on any atom is 0.335 e. The SMILES string of the molecule is CCc1cc(C(=O)O)cc(N(C)CC2CCCN2C)n1. The van der Waals surface area contributed by atoms with Gasteiger partial charge in [-0.3, -0.25) is 0 Å². The van der Waals surface area contributed by atoms with Gasteiger partial charge in [-0.05, 0) is 45.0 Å². The molecule has 2 heterocycles. The monoisotopic (exact) mass is 277 g/mol. The number of carboxylic acids is 1. The van der Waals surface area contributed by atoms with Crippen LogP contribution in [0, 0.1) is 0 Å². The number of likely N-dealkylation sites (tertiary alicyclic amines) is 1. The second-order valence-electron chi connectivity index (χ2n) is 5.52. The molecule has 5 nitrogen and oxygen atoms in total. The van der Waals surface area contributed by atoms with Crippen molar-refractivity contribution in [2.45, 2.75) is 32.2 Å². The molecule has 1 N–H and O–H groups in total. The molecule has 0 amide bonds. The van der Waals surface area contributed by atoms with Gasteiger partial charge >= 0.3 is 5.97 Å². The maximum atomic E-state index is 11.2. The minimum atomic E-state index is -0.894. The van der Waals surface area contributed by atoms with Gasteiger partial charge in [0.15, 0.2) is 0 Å². The predicted octanol–water partition coefficient (Wildman–Crippen LogP) is 1.87. The van der Waals surface area contributed by atoms with E-state index in [9.17, 15) is 9.90 Å². The second-order valence-corrected chi connectivity index (χ2v) is 5.52. The Bertz CT molecular complexity index is 490. The molecule has 1 aromatic heterocycles. The first-order chi connectivity index (χ1) is 9.51. The topological polar surface area (TPSA) is 56.7 Å². The van der Waals surface area contributed by atoms with Gasteiger partial charge in [0.1, 0.15) is 5.82 Å². The van der Waals surface area contributed by atoms with Gasteiger partial charge in [-0.1, -0.05) is 6.92 Å². The van der Waals surface area contributed by atoms with Gasteiger partial charge in [0, 0.05) is 25.3 Å². The van der Waals surface area contributed by atoms with Crippen LogP contribution in [0.15, 0.2) is 12.1 Å². The van der Waals surface area contributed by atoms with Gasteiger partial charge in [-0.2, -0.15) is 0 Å². The van der Waals surface area contributed by atoms with Crippen LogP contribution in [-0.4, -0.2) is 54.2 Å². The molecule has 5 heteroatoms. The summed E-state index contributed by atoms with van der Waals surface area (Å²) in [7, 11) is 4.13. The van der Waals surface area contributed by atoms with Gasteiger partial charge in [0.25, 0.3) is 0 Å². The molecule has 2 rings (SSSR count). The summed E-state index contributed by atoms with van der Waals surface area (Å²) >= 11 is 0. The average Bonchev–Trinajstić information content (AvgIpc) is 2.83. The molecule has 1 unspecified atom stereocenters. The van der Waals surface area contributed by atoms with Crippen LogP contribution < -0.4 is 4.90 Å². The molecule has 1 atom stereocenters. The third kappa shape index (κ3) is 3.28. The van der Waals surface area contributed by atoms with Crippen molar-refractivity contribution < 1.29 is 9.90 Å². The molecule has 1 aliphatic heterocycles. The zero-order valence-corrected chi connectivity index (χ0v) is 12.5. The summed E-state index contributed by atoms with van der Waals surface area (Å²) in [6.45, 7) is 4.01. The summed E-state index contributed by atoms with van der Waals surface area (Å²) in [6, 6.07) is 3.85. The average molecular weight is 277 g/mol. The number of carboxylic acid groups (broad SMARTS) is 1. The molecule has 1 aliphatic rings. The third-order valence-corrected chi connectivity index (χ3v) is 4.02. The number of hydrogen-bond donors (Lipinski definition) is 1. The summed E-state index contributed by atoms with van der Waals surface area (Å²) < 4.78 is 0. The van der Waals surface area contributed by atoms with Crippen molar-refractivity contribution >= 4 is 11.8 Å². The normalized spacial score (nSPS) is 19.2. The molecular formula is C15H23N3O2. The molecule has 1 aromatic rings. The van der Waals surface area contributed by atoms with E-state index in [0.29, 0.717) is 11.6 Å². The van der Waals surface area contributed by atoms with Crippen LogP contribution in [-0.2, 0) is 6.42 Å². The number of likely N-dealkylation sites (N-methyl/N-ethyl adjacent to an activating group) is 2. The van der Waals surface area contributed by atoms with E-state index in [1.54, 1.807) is 12.1 Å². The van der Waals surface area contributed by atoms with Crippen molar-refractivity contribution in [1.29, 1.82) is 0 Å². The first-order valence-electron chi connectivity index (χ1n) is 7.17. The lowest BCUT2D eigenvalue weighted by Gasteiger charge is -2.27. The fourth-order valence-corrected chi connectivity index (χ4v) is 2.69. The fraction of sp³-hybridized carbons (Fsp3) is 0.600. The van der Waals surface area contributed by atoms with Crippen LogP contribution in [0.1, 0.15) is 35.8 Å². The first-order valence-corrected chi connectivity index (χ1v) is 7.17. The summed E-state index contributed by atoms with van der Waals surface area (Å²) in [4.78, 5) is 20.2. The zero-order chi connectivity index (χ0) is 14.7. The Balaban J connectivity index is 2.17. The Morgan fingerprint density at radius 2 is 2.30 bits per heavy atom. The highest BCUT2D eigenvalue weighted by molar-refractivity contribution is 5.88. The Morgan fingerprint density at radius 1 is 1.55 bits per heavy atom. The van der Waals surface area contributed by atoms with Crippen LogP contribution in [0.3, 0.4) is 0 Å². The number of pyridine rings is 1. The lowest BCUT2D eigenvalue weighted by atomic mass is 10.1. The summed E-state index contributed by atoms with van der Waals surface area (Å²) in [5.74, 6) is -0.142. The van der Waals surface area contributed by atoms with E-state index in [2.05, 4.69) is 21.8 Å². The zero-order valence-electron chi connectivity index (χ0n) is 12.5. The van der Waals surface area contributed by atoms with Crippen LogP contribution in [0.4, 0.5) is 5.82 Å². The molecule has 20 heavy (non-hydrogen) atoms. The van der Waals surface area contributed by atoms with Crippen molar-refractivity contribution in [2.24, 2.45) is 0 Å². The molecule has 0 saturated carbocycles. The number of hydrogen-bond acceptors (Lipinski definition) is 4. The Hall–Kier alpha value is -1.62. The Kier molecular flexibility index (Phi) is 4.60. The van der Waals surface area contributed by atoms with Gasteiger partial charge in [0.05, 0.1) is 5.56 Å². The Morgan fingerprint density at radius 3 is 2.85 bits per heavy atom. The molecule has 0 spiro atoms. The fourth-order valence-electron chi connectivity index (χ4n) is 2.69. The van der Waals surface area contributed by atoms with E-state index < -0.39 is 5.97 Å². The van der Waals surface area contributed by atoms with Gasteiger partial charge in [-0.25, -0.2) is 9.78 Å². The van der Waals surface area contributed by atoms with E-state index in [0.717, 1.165) is 31.0 Å². The highest BCUT2D eigenvalue weighted by Gasteiger charge is 2.23.